The summed E-state index contributed by atoms with van der Waals surface area (Å²) in [4.78, 5) is 25.0. The maximum Gasteiger partial charge on any atom is 0.295 e. The Morgan fingerprint density at radius 2 is 1.81 bits per heavy atom. The minimum absolute atomic E-state index is 0.0914. The third kappa shape index (κ3) is 4.91. The van der Waals surface area contributed by atoms with Gasteiger partial charge in [0, 0.05) is 31.1 Å². The van der Waals surface area contributed by atoms with Crippen molar-refractivity contribution in [3.05, 3.63) is 88.2 Å². The number of aryl methyl sites for hydroxylation is 2. The van der Waals surface area contributed by atoms with Gasteiger partial charge in [0.2, 0.25) is 5.91 Å². The van der Waals surface area contributed by atoms with E-state index >= 15 is 0 Å². The first-order valence-corrected chi connectivity index (χ1v) is 10.5. The van der Waals surface area contributed by atoms with Gasteiger partial charge in [-0.3, -0.25) is 9.59 Å². The highest BCUT2D eigenvalue weighted by molar-refractivity contribution is 5.79. The summed E-state index contributed by atoms with van der Waals surface area (Å²) in [6, 6.07) is 15.8. The summed E-state index contributed by atoms with van der Waals surface area (Å²) < 4.78 is 16.0. The van der Waals surface area contributed by atoms with Crippen molar-refractivity contribution in [3.63, 3.8) is 0 Å². The Balaban J connectivity index is 1.34. The molecule has 4 rings (SSSR count). The number of nitrogens with one attached hydrogen (secondary N) is 1. The highest BCUT2D eigenvalue weighted by Gasteiger charge is 2.13. The Bertz CT molecular complexity index is 1280. The fourth-order valence-corrected chi connectivity index (χ4v) is 3.54. The molecule has 4 aromatic rings. The van der Waals surface area contributed by atoms with E-state index < -0.39 is 0 Å². The van der Waals surface area contributed by atoms with Crippen LogP contribution in [0.3, 0.4) is 0 Å². The van der Waals surface area contributed by atoms with E-state index in [4.69, 9.17) is 0 Å². The van der Waals surface area contributed by atoms with Gasteiger partial charge in [0.25, 0.3) is 5.56 Å². The largest absolute Gasteiger partial charge is 0.356 e. The lowest BCUT2D eigenvalue weighted by Crippen LogP contribution is -2.27. The van der Waals surface area contributed by atoms with Crippen LogP contribution in [-0.4, -0.2) is 32.0 Å². The molecule has 0 atom stereocenters. The molecular formula is C24H24FN5O2. The van der Waals surface area contributed by atoms with E-state index in [1.165, 1.54) is 16.8 Å². The molecule has 0 fully saturated rings. The third-order valence-electron chi connectivity index (χ3n) is 5.26. The van der Waals surface area contributed by atoms with Crippen molar-refractivity contribution in [2.75, 3.05) is 6.54 Å². The molecule has 0 saturated carbocycles. The van der Waals surface area contributed by atoms with E-state index in [-0.39, 0.29) is 23.7 Å². The number of benzene rings is 2. The second-order valence-corrected chi connectivity index (χ2v) is 7.62. The third-order valence-corrected chi connectivity index (χ3v) is 5.26. The number of aromatic nitrogens is 4. The Kier molecular flexibility index (Phi) is 6.39. The lowest BCUT2D eigenvalue weighted by molar-refractivity contribution is -0.121. The molecule has 7 nitrogen and oxygen atoms in total. The van der Waals surface area contributed by atoms with E-state index in [1.54, 1.807) is 16.8 Å². The molecule has 0 saturated heterocycles. The van der Waals surface area contributed by atoms with E-state index in [9.17, 15) is 14.0 Å². The summed E-state index contributed by atoms with van der Waals surface area (Å²) in [5.41, 5.74) is 2.64. The molecule has 32 heavy (non-hydrogen) atoms. The van der Waals surface area contributed by atoms with Crippen LogP contribution in [0.5, 0.6) is 0 Å². The SMILES string of the molecule is Cc1nn(CCCC(=O)NCCc2ccc(F)cc2)c(=O)c2nn(-c3ccccc3)cc12. The Hall–Kier alpha value is -3.81. The summed E-state index contributed by atoms with van der Waals surface area (Å²) in [7, 11) is 0. The maximum atomic E-state index is 12.9. The monoisotopic (exact) mass is 433 g/mol. The Labute approximate surface area is 184 Å². The van der Waals surface area contributed by atoms with Crippen LogP contribution in [-0.2, 0) is 17.8 Å². The molecule has 2 aromatic heterocycles. The number of fused-ring (bicyclic) bond motifs is 1. The van der Waals surface area contributed by atoms with Gasteiger partial charge in [-0.1, -0.05) is 30.3 Å². The predicted octanol–water partition coefficient (Wildman–Crippen LogP) is 3.17. The van der Waals surface area contributed by atoms with Crippen molar-refractivity contribution >= 4 is 16.8 Å². The van der Waals surface area contributed by atoms with Gasteiger partial charge in [-0.05, 0) is 49.6 Å². The lowest BCUT2D eigenvalue weighted by atomic mass is 10.1. The number of halogens is 1. The molecule has 0 spiro atoms. The predicted molar refractivity (Wildman–Crippen MR) is 120 cm³/mol. The summed E-state index contributed by atoms with van der Waals surface area (Å²) in [5, 5.41) is 12.4. The van der Waals surface area contributed by atoms with Gasteiger partial charge >= 0.3 is 0 Å². The standard InChI is InChI=1S/C24H24FN5O2/c1-17-21-16-30(20-6-3-2-4-7-20)28-23(21)24(32)29(27-17)15-5-8-22(31)26-14-13-18-9-11-19(25)12-10-18/h2-4,6-7,9-12,16H,5,8,13-15H2,1H3,(H,26,31). The maximum absolute atomic E-state index is 12.9. The summed E-state index contributed by atoms with van der Waals surface area (Å²) in [6.07, 6.45) is 3.22. The molecule has 8 heteroatoms. The van der Waals surface area contributed by atoms with Crippen LogP contribution in [0.1, 0.15) is 24.1 Å². The van der Waals surface area contributed by atoms with Crippen molar-refractivity contribution < 1.29 is 9.18 Å². The molecule has 0 aliphatic heterocycles. The van der Waals surface area contributed by atoms with Gasteiger partial charge in [0.1, 0.15) is 5.82 Å². The number of hydrogen-bond donors (Lipinski definition) is 1. The Morgan fingerprint density at radius 3 is 2.56 bits per heavy atom. The van der Waals surface area contributed by atoms with Crippen LogP contribution in [0.4, 0.5) is 4.39 Å². The highest BCUT2D eigenvalue weighted by Crippen LogP contribution is 2.15. The minimum Gasteiger partial charge on any atom is -0.356 e. The van der Waals surface area contributed by atoms with E-state index in [2.05, 4.69) is 15.5 Å². The van der Waals surface area contributed by atoms with Gasteiger partial charge in [-0.2, -0.15) is 10.2 Å². The number of carbonyl (C=O) groups excluding carboxylic acids is 1. The quantitative estimate of drug-likeness (QED) is 0.463. The van der Waals surface area contributed by atoms with Gasteiger partial charge in [0.15, 0.2) is 5.52 Å². The minimum atomic E-state index is -0.276. The molecule has 0 unspecified atom stereocenters. The molecule has 164 valence electrons. The molecule has 0 aliphatic rings. The van der Waals surface area contributed by atoms with Gasteiger partial charge in [-0.15, -0.1) is 0 Å². The summed E-state index contributed by atoms with van der Waals surface area (Å²) in [5.74, 6) is -0.367. The van der Waals surface area contributed by atoms with Crippen molar-refractivity contribution in [3.8, 4) is 5.69 Å². The molecule has 1 N–H and O–H groups in total. The number of rotatable bonds is 8. The number of hydrogen-bond acceptors (Lipinski definition) is 4. The molecule has 0 bridgehead atoms. The average molecular weight is 433 g/mol. The second-order valence-electron chi connectivity index (χ2n) is 7.62. The van der Waals surface area contributed by atoms with Crippen molar-refractivity contribution in [2.45, 2.75) is 32.7 Å². The highest BCUT2D eigenvalue weighted by atomic mass is 19.1. The van der Waals surface area contributed by atoms with Crippen LogP contribution in [0, 0.1) is 12.7 Å². The summed E-state index contributed by atoms with van der Waals surface area (Å²) in [6.45, 7) is 2.65. The Morgan fingerprint density at radius 1 is 1.06 bits per heavy atom. The first-order chi connectivity index (χ1) is 15.5. The zero-order valence-corrected chi connectivity index (χ0v) is 17.8. The van der Waals surface area contributed by atoms with E-state index in [0.717, 1.165) is 11.3 Å². The number of amides is 1. The van der Waals surface area contributed by atoms with E-state index in [0.29, 0.717) is 42.5 Å². The lowest BCUT2D eigenvalue weighted by Gasteiger charge is -2.07. The summed E-state index contributed by atoms with van der Waals surface area (Å²) >= 11 is 0. The normalized spacial score (nSPS) is 11.1. The number of para-hydroxylation sites is 1. The smallest absolute Gasteiger partial charge is 0.295 e. The van der Waals surface area contributed by atoms with Crippen LogP contribution in [0.25, 0.3) is 16.6 Å². The fraction of sp³-hybridized carbons (Fsp3) is 0.250. The van der Waals surface area contributed by atoms with Crippen molar-refractivity contribution in [1.29, 1.82) is 0 Å². The number of nitrogens with zero attached hydrogens (tertiary/aromatic N) is 4. The van der Waals surface area contributed by atoms with Gasteiger partial charge in [-0.25, -0.2) is 13.8 Å². The van der Waals surface area contributed by atoms with Gasteiger partial charge < -0.3 is 5.32 Å². The average Bonchev–Trinajstić information content (AvgIpc) is 3.26. The van der Waals surface area contributed by atoms with Crippen LogP contribution < -0.4 is 10.9 Å². The molecule has 2 heterocycles. The van der Waals surface area contributed by atoms with E-state index in [1.807, 2.05) is 43.5 Å². The fourth-order valence-electron chi connectivity index (χ4n) is 3.54. The molecular weight excluding hydrogens is 409 g/mol. The zero-order chi connectivity index (χ0) is 22.5. The van der Waals surface area contributed by atoms with Crippen LogP contribution in [0.2, 0.25) is 0 Å². The topological polar surface area (TPSA) is 81.8 Å². The van der Waals surface area contributed by atoms with Crippen LogP contribution >= 0.6 is 0 Å². The first kappa shape index (κ1) is 21.4. The molecule has 0 radical (unpaired) electrons. The van der Waals surface area contributed by atoms with Crippen molar-refractivity contribution in [2.24, 2.45) is 0 Å². The molecule has 2 aromatic carbocycles. The van der Waals surface area contributed by atoms with Gasteiger partial charge in [0.05, 0.1) is 11.4 Å². The number of carbonyl (C=O) groups is 1. The van der Waals surface area contributed by atoms with Crippen LogP contribution in [0.15, 0.2) is 65.6 Å². The first-order valence-electron chi connectivity index (χ1n) is 10.5. The second kappa shape index (κ2) is 9.55. The van der Waals surface area contributed by atoms with Crippen molar-refractivity contribution in [1.82, 2.24) is 24.9 Å². The zero-order valence-electron chi connectivity index (χ0n) is 17.8. The molecule has 0 aliphatic carbocycles. The molecule has 1 amide bonds.